The summed E-state index contributed by atoms with van der Waals surface area (Å²) in [7, 11) is -2.85. The van der Waals surface area contributed by atoms with Gasteiger partial charge in [-0.25, -0.2) is 8.42 Å². The minimum absolute atomic E-state index is 0.220. The summed E-state index contributed by atoms with van der Waals surface area (Å²) in [4.78, 5) is 2.08. The average molecular weight is 284 g/mol. The van der Waals surface area contributed by atoms with Crippen molar-refractivity contribution in [3.05, 3.63) is 23.8 Å². The van der Waals surface area contributed by atoms with Gasteiger partial charge in [0, 0.05) is 30.9 Å². The van der Waals surface area contributed by atoms with Gasteiger partial charge in [-0.1, -0.05) is 0 Å². The molecule has 19 heavy (non-hydrogen) atoms. The van der Waals surface area contributed by atoms with Gasteiger partial charge >= 0.3 is 0 Å². The monoisotopic (exact) mass is 284 g/mol. The van der Waals surface area contributed by atoms with Crippen molar-refractivity contribution in [2.24, 2.45) is 5.73 Å². The fraction of sp³-hybridized carbons (Fsp3) is 0.538. The Kier molecular flexibility index (Phi) is 4.31. The summed E-state index contributed by atoms with van der Waals surface area (Å²) in [6.45, 7) is 4.04. The third-order valence-corrected chi connectivity index (χ3v) is 4.88. The van der Waals surface area contributed by atoms with Crippen LogP contribution in [0.15, 0.2) is 18.2 Å². The normalized spacial score (nSPS) is 18.3. The van der Waals surface area contributed by atoms with Crippen molar-refractivity contribution < 1.29 is 13.2 Å². The SMILES string of the molecule is CCOc1ccc(N2CCS(=O)(=O)CC2)cc1CN. The number of nitrogens with two attached hydrogens (primary N) is 1. The summed E-state index contributed by atoms with van der Waals surface area (Å²) < 4.78 is 28.4. The summed E-state index contributed by atoms with van der Waals surface area (Å²) in [5.74, 6) is 1.24. The quantitative estimate of drug-likeness (QED) is 0.884. The third kappa shape index (κ3) is 3.39. The van der Waals surface area contributed by atoms with Gasteiger partial charge in [0.1, 0.15) is 5.75 Å². The molecular formula is C13H20N2O3S. The first-order valence-corrected chi connectivity index (χ1v) is 8.29. The van der Waals surface area contributed by atoms with Gasteiger partial charge in [-0.2, -0.15) is 0 Å². The van der Waals surface area contributed by atoms with E-state index in [1.54, 1.807) is 0 Å². The predicted octanol–water partition coefficient (Wildman–Crippen LogP) is 0.779. The van der Waals surface area contributed by atoms with Crippen LogP contribution in [-0.2, 0) is 16.4 Å². The van der Waals surface area contributed by atoms with Crippen molar-refractivity contribution in [1.29, 1.82) is 0 Å². The number of hydrogen-bond acceptors (Lipinski definition) is 5. The number of sulfone groups is 1. The molecule has 1 aromatic carbocycles. The first kappa shape index (κ1) is 14.1. The summed E-state index contributed by atoms with van der Waals surface area (Å²) in [6, 6.07) is 5.86. The second-order valence-electron chi connectivity index (χ2n) is 4.57. The molecule has 0 bridgehead atoms. The molecule has 0 atom stereocenters. The van der Waals surface area contributed by atoms with Crippen LogP contribution in [0.3, 0.4) is 0 Å². The van der Waals surface area contributed by atoms with Crippen LogP contribution < -0.4 is 15.4 Å². The molecule has 2 N–H and O–H groups in total. The van der Waals surface area contributed by atoms with E-state index in [1.807, 2.05) is 25.1 Å². The third-order valence-electron chi connectivity index (χ3n) is 3.27. The Hall–Kier alpha value is -1.27. The summed E-state index contributed by atoms with van der Waals surface area (Å²) in [5, 5.41) is 0. The second kappa shape index (κ2) is 5.79. The van der Waals surface area contributed by atoms with Crippen molar-refractivity contribution >= 4 is 15.5 Å². The fourth-order valence-corrected chi connectivity index (χ4v) is 3.39. The Morgan fingerprint density at radius 1 is 1.32 bits per heavy atom. The summed E-state index contributed by atoms with van der Waals surface area (Å²) in [5.41, 5.74) is 7.69. The molecule has 0 spiro atoms. The van der Waals surface area contributed by atoms with Crippen molar-refractivity contribution in [3.63, 3.8) is 0 Å². The molecule has 1 saturated heterocycles. The predicted molar refractivity (Wildman–Crippen MR) is 76.4 cm³/mol. The Labute approximate surface area is 114 Å². The van der Waals surface area contributed by atoms with Gasteiger partial charge in [0.15, 0.2) is 9.84 Å². The Balaban J connectivity index is 2.17. The average Bonchev–Trinajstić information content (AvgIpc) is 2.40. The van der Waals surface area contributed by atoms with Crippen LogP contribution in [0.4, 0.5) is 5.69 Å². The largest absolute Gasteiger partial charge is 0.494 e. The lowest BCUT2D eigenvalue weighted by Crippen LogP contribution is -2.40. The highest BCUT2D eigenvalue weighted by Crippen LogP contribution is 2.26. The van der Waals surface area contributed by atoms with E-state index in [1.165, 1.54) is 0 Å². The topological polar surface area (TPSA) is 72.6 Å². The van der Waals surface area contributed by atoms with E-state index in [0.29, 0.717) is 26.2 Å². The van der Waals surface area contributed by atoms with Crippen molar-refractivity contribution in [2.45, 2.75) is 13.5 Å². The highest BCUT2D eigenvalue weighted by atomic mass is 32.2. The van der Waals surface area contributed by atoms with Gasteiger partial charge in [0.25, 0.3) is 0 Å². The van der Waals surface area contributed by atoms with E-state index in [9.17, 15) is 8.42 Å². The molecule has 6 heteroatoms. The van der Waals surface area contributed by atoms with Crippen LogP contribution in [0, 0.1) is 0 Å². The molecule has 1 heterocycles. The van der Waals surface area contributed by atoms with E-state index < -0.39 is 9.84 Å². The van der Waals surface area contributed by atoms with Crippen LogP contribution in [0.25, 0.3) is 0 Å². The lowest BCUT2D eigenvalue weighted by atomic mass is 10.1. The molecule has 1 aliphatic rings. The van der Waals surface area contributed by atoms with E-state index >= 15 is 0 Å². The molecule has 0 aromatic heterocycles. The zero-order valence-electron chi connectivity index (χ0n) is 11.1. The molecule has 1 aliphatic heterocycles. The zero-order chi connectivity index (χ0) is 13.9. The smallest absolute Gasteiger partial charge is 0.153 e. The fourth-order valence-electron chi connectivity index (χ4n) is 2.19. The van der Waals surface area contributed by atoms with Gasteiger partial charge in [0.05, 0.1) is 18.1 Å². The van der Waals surface area contributed by atoms with Gasteiger partial charge in [-0.05, 0) is 25.1 Å². The molecule has 0 aliphatic carbocycles. The zero-order valence-corrected chi connectivity index (χ0v) is 11.9. The first-order valence-electron chi connectivity index (χ1n) is 6.47. The molecule has 0 unspecified atom stereocenters. The summed E-state index contributed by atoms with van der Waals surface area (Å²) >= 11 is 0. The molecule has 106 valence electrons. The highest BCUT2D eigenvalue weighted by Gasteiger charge is 2.22. The van der Waals surface area contributed by atoms with Gasteiger partial charge in [-0.15, -0.1) is 0 Å². The number of rotatable bonds is 4. The molecule has 2 rings (SSSR count). The number of hydrogen-bond donors (Lipinski definition) is 1. The van der Waals surface area contributed by atoms with Crippen LogP contribution in [-0.4, -0.2) is 39.6 Å². The van der Waals surface area contributed by atoms with Crippen molar-refractivity contribution in [2.75, 3.05) is 36.1 Å². The van der Waals surface area contributed by atoms with Gasteiger partial charge in [-0.3, -0.25) is 0 Å². The maximum Gasteiger partial charge on any atom is 0.153 e. The van der Waals surface area contributed by atoms with Gasteiger partial charge < -0.3 is 15.4 Å². The molecule has 5 nitrogen and oxygen atoms in total. The molecule has 0 amide bonds. The van der Waals surface area contributed by atoms with Crippen LogP contribution >= 0.6 is 0 Å². The number of ether oxygens (including phenoxy) is 1. The number of anilines is 1. The summed E-state index contributed by atoms with van der Waals surface area (Å²) in [6.07, 6.45) is 0. The van der Waals surface area contributed by atoms with E-state index in [4.69, 9.17) is 10.5 Å². The van der Waals surface area contributed by atoms with Crippen molar-refractivity contribution in [3.8, 4) is 5.75 Å². The van der Waals surface area contributed by atoms with E-state index in [0.717, 1.165) is 17.0 Å². The highest BCUT2D eigenvalue weighted by molar-refractivity contribution is 7.91. The molecule has 0 saturated carbocycles. The molecule has 1 fully saturated rings. The minimum atomic E-state index is -2.85. The van der Waals surface area contributed by atoms with Crippen LogP contribution in [0.1, 0.15) is 12.5 Å². The molecular weight excluding hydrogens is 264 g/mol. The second-order valence-corrected chi connectivity index (χ2v) is 6.87. The van der Waals surface area contributed by atoms with Crippen LogP contribution in [0.2, 0.25) is 0 Å². The minimum Gasteiger partial charge on any atom is -0.494 e. The van der Waals surface area contributed by atoms with Crippen LogP contribution in [0.5, 0.6) is 5.75 Å². The van der Waals surface area contributed by atoms with Gasteiger partial charge in [0.2, 0.25) is 0 Å². The maximum absolute atomic E-state index is 11.4. The van der Waals surface area contributed by atoms with E-state index in [-0.39, 0.29) is 11.5 Å². The van der Waals surface area contributed by atoms with Crippen molar-refractivity contribution in [1.82, 2.24) is 0 Å². The lowest BCUT2D eigenvalue weighted by Gasteiger charge is -2.29. The Bertz CT molecular complexity index is 529. The molecule has 1 aromatic rings. The maximum atomic E-state index is 11.4. The Morgan fingerprint density at radius 2 is 2.00 bits per heavy atom. The van der Waals surface area contributed by atoms with E-state index in [2.05, 4.69) is 4.90 Å². The standard InChI is InChI=1S/C13H20N2O3S/c1-2-18-13-4-3-12(9-11(13)10-14)15-5-7-19(16,17)8-6-15/h3-4,9H,2,5-8,10,14H2,1H3. The first-order chi connectivity index (χ1) is 9.05. The Morgan fingerprint density at radius 3 is 2.58 bits per heavy atom. The number of nitrogens with zero attached hydrogens (tertiary/aromatic N) is 1. The lowest BCUT2D eigenvalue weighted by molar-refractivity contribution is 0.336. The number of benzene rings is 1. The molecule has 0 radical (unpaired) electrons.